The summed E-state index contributed by atoms with van der Waals surface area (Å²) in [4.78, 5) is 37.0. The highest BCUT2D eigenvalue weighted by Gasteiger charge is 2.24. The van der Waals surface area contributed by atoms with Crippen molar-refractivity contribution in [1.82, 2.24) is 14.9 Å². The van der Waals surface area contributed by atoms with Gasteiger partial charge in [0.25, 0.3) is 0 Å². The second kappa shape index (κ2) is 13.0. The Morgan fingerprint density at radius 3 is 2.62 bits per heavy atom. The first-order valence-corrected chi connectivity index (χ1v) is 14.8. The van der Waals surface area contributed by atoms with Crippen LogP contribution in [-0.4, -0.2) is 46.4 Å². The molecule has 0 unspecified atom stereocenters. The Hall–Kier alpha value is -3.89. The third kappa shape index (κ3) is 7.00. The van der Waals surface area contributed by atoms with E-state index in [1.807, 2.05) is 59.5 Å². The summed E-state index contributed by atoms with van der Waals surface area (Å²) in [7, 11) is 0. The van der Waals surface area contributed by atoms with E-state index in [4.69, 9.17) is 14.5 Å². The van der Waals surface area contributed by atoms with Crippen molar-refractivity contribution in [1.29, 1.82) is 0 Å². The molecule has 1 amide bonds. The number of anilines is 2. The summed E-state index contributed by atoms with van der Waals surface area (Å²) in [5.41, 5.74) is 1.54. The van der Waals surface area contributed by atoms with Crippen LogP contribution in [0.15, 0.2) is 82.0 Å². The van der Waals surface area contributed by atoms with Crippen molar-refractivity contribution < 1.29 is 19.1 Å². The van der Waals surface area contributed by atoms with E-state index < -0.39 is 0 Å². The molecule has 0 bridgehead atoms. The Bertz CT molecular complexity index is 1470. The van der Waals surface area contributed by atoms with Gasteiger partial charge >= 0.3 is 5.97 Å². The Morgan fingerprint density at radius 1 is 1.07 bits per heavy atom. The number of piperidine rings is 1. The second-order valence-electron chi connectivity index (χ2n) is 9.27. The van der Waals surface area contributed by atoms with Gasteiger partial charge in [-0.05, 0) is 50.1 Å². The number of nitrogens with zero attached hydrogens (tertiary/aromatic N) is 3. The first kappa shape index (κ1) is 27.7. The average Bonchev–Trinajstić information content (AvgIpc) is 3.44. The van der Waals surface area contributed by atoms with Crippen molar-refractivity contribution in [2.24, 2.45) is 0 Å². The summed E-state index contributed by atoms with van der Waals surface area (Å²) in [5, 5.41) is 6.16. The van der Waals surface area contributed by atoms with Gasteiger partial charge in [0.05, 0.1) is 17.9 Å². The second-order valence-corrected chi connectivity index (χ2v) is 11.3. The molecule has 5 rings (SSSR count). The highest BCUT2D eigenvalue weighted by molar-refractivity contribution is 7.99. The van der Waals surface area contributed by atoms with Crippen LogP contribution in [0.3, 0.4) is 0 Å². The summed E-state index contributed by atoms with van der Waals surface area (Å²) in [5.74, 6) is 1.92. The number of thiazole rings is 1. The lowest BCUT2D eigenvalue weighted by Gasteiger charge is -2.30. The maximum Gasteiger partial charge on any atom is 0.338 e. The van der Waals surface area contributed by atoms with Gasteiger partial charge in [0, 0.05) is 53.4 Å². The fourth-order valence-electron chi connectivity index (χ4n) is 4.43. The molecular formula is C30H30N4O4S2. The largest absolute Gasteiger partial charge is 0.462 e. The molecule has 3 heterocycles. The monoisotopic (exact) mass is 574 g/mol. The Kier molecular flexibility index (Phi) is 8.98. The Balaban J connectivity index is 1.35. The van der Waals surface area contributed by atoms with Crippen molar-refractivity contribution >= 4 is 45.9 Å². The van der Waals surface area contributed by atoms with Crippen LogP contribution in [-0.2, 0) is 9.53 Å². The van der Waals surface area contributed by atoms with Gasteiger partial charge in [0.1, 0.15) is 5.75 Å². The number of para-hydroxylation sites is 1. The molecule has 8 nitrogen and oxygen atoms in total. The molecule has 10 heteroatoms. The first-order chi connectivity index (χ1) is 19.5. The highest BCUT2D eigenvalue weighted by atomic mass is 32.2. The minimum atomic E-state index is -0.344. The number of carbonyl (C=O) groups is 2. The van der Waals surface area contributed by atoms with Gasteiger partial charge in [-0.1, -0.05) is 36.0 Å². The van der Waals surface area contributed by atoms with E-state index in [1.165, 1.54) is 23.1 Å². The van der Waals surface area contributed by atoms with E-state index >= 15 is 0 Å². The zero-order valence-electron chi connectivity index (χ0n) is 22.3. The van der Waals surface area contributed by atoms with Crippen LogP contribution in [0.4, 0.5) is 10.9 Å². The molecule has 40 heavy (non-hydrogen) atoms. The number of rotatable bonds is 9. The number of benzene rings is 2. The molecule has 0 radical (unpaired) electrons. The van der Waals surface area contributed by atoms with E-state index in [9.17, 15) is 9.59 Å². The summed E-state index contributed by atoms with van der Waals surface area (Å²) in [6, 6.07) is 18.8. The lowest BCUT2D eigenvalue weighted by molar-refractivity contribution is -0.129. The average molecular weight is 575 g/mol. The summed E-state index contributed by atoms with van der Waals surface area (Å²) in [6.45, 7) is 5.27. The van der Waals surface area contributed by atoms with Crippen molar-refractivity contribution in [2.75, 3.05) is 25.0 Å². The van der Waals surface area contributed by atoms with Gasteiger partial charge in [-0.2, -0.15) is 0 Å². The smallest absolute Gasteiger partial charge is 0.338 e. The van der Waals surface area contributed by atoms with Gasteiger partial charge in [-0.25, -0.2) is 14.8 Å². The number of carbonyl (C=O) groups excluding carboxylic acids is 2. The summed E-state index contributed by atoms with van der Waals surface area (Å²) >= 11 is 3.01. The van der Waals surface area contributed by atoms with Gasteiger partial charge < -0.3 is 19.7 Å². The maximum atomic E-state index is 12.2. The minimum absolute atomic E-state index is 0.129. The molecule has 1 saturated heterocycles. The lowest BCUT2D eigenvalue weighted by Crippen LogP contribution is -2.36. The van der Waals surface area contributed by atoms with E-state index in [0.29, 0.717) is 35.4 Å². The van der Waals surface area contributed by atoms with E-state index in [2.05, 4.69) is 15.7 Å². The van der Waals surface area contributed by atoms with Crippen LogP contribution in [0.2, 0.25) is 0 Å². The topological polar surface area (TPSA) is 93.6 Å². The van der Waals surface area contributed by atoms with E-state index in [1.54, 1.807) is 26.1 Å². The summed E-state index contributed by atoms with van der Waals surface area (Å²) in [6.07, 6.45) is 3.59. The standard InChI is InChI=1S/C30H30N4O4S2/c1-3-37-29(36)22-8-7-11-24(16-22)40-25-17-27(38-23-9-5-4-6-10-23)28(31-18-25)33-30-32-26(19-39-30)21-12-14-34(15-13-21)20(2)35/h4-11,16-19,21H,3,12-15H2,1-2H3,(H,31,32,33). The van der Waals surface area contributed by atoms with Crippen LogP contribution in [0.1, 0.15) is 48.7 Å². The number of hydrogen-bond acceptors (Lipinski definition) is 9. The van der Waals surface area contributed by atoms with Crippen molar-refractivity contribution in [3.8, 4) is 11.5 Å². The van der Waals surface area contributed by atoms with E-state index in [-0.39, 0.29) is 11.9 Å². The molecule has 206 valence electrons. The SMILES string of the molecule is CCOC(=O)c1cccc(Sc2cnc(Nc3nc(C4CCN(C(C)=O)CC4)cs3)c(Oc3ccccc3)c2)c1. The molecule has 2 aromatic heterocycles. The van der Waals surface area contributed by atoms with Gasteiger partial charge in [0.2, 0.25) is 5.91 Å². The third-order valence-electron chi connectivity index (χ3n) is 6.49. The zero-order chi connectivity index (χ0) is 27.9. The molecule has 0 spiro atoms. The number of nitrogens with one attached hydrogen (secondary N) is 1. The first-order valence-electron chi connectivity index (χ1n) is 13.1. The predicted molar refractivity (Wildman–Crippen MR) is 157 cm³/mol. The molecular weight excluding hydrogens is 544 g/mol. The molecule has 0 aliphatic carbocycles. The lowest BCUT2D eigenvalue weighted by atomic mass is 9.94. The Morgan fingerprint density at radius 2 is 1.88 bits per heavy atom. The third-order valence-corrected chi connectivity index (χ3v) is 8.21. The molecule has 1 N–H and O–H groups in total. The number of esters is 1. The van der Waals surface area contributed by atoms with Gasteiger partial charge in [-0.3, -0.25) is 4.79 Å². The maximum absolute atomic E-state index is 12.2. The van der Waals surface area contributed by atoms with Crippen LogP contribution >= 0.6 is 23.1 Å². The van der Waals surface area contributed by atoms with Crippen LogP contribution in [0.5, 0.6) is 11.5 Å². The van der Waals surface area contributed by atoms with Gasteiger partial charge in [0.15, 0.2) is 16.7 Å². The molecule has 1 aliphatic heterocycles. The normalized spacial score (nSPS) is 13.6. The number of likely N-dealkylation sites (tertiary alicyclic amines) is 1. The van der Waals surface area contributed by atoms with Crippen LogP contribution in [0, 0.1) is 0 Å². The molecule has 1 aliphatic rings. The van der Waals surface area contributed by atoms with Crippen LogP contribution in [0.25, 0.3) is 0 Å². The molecule has 1 fully saturated rings. The van der Waals surface area contributed by atoms with Crippen molar-refractivity contribution in [3.63, 3.8) is 0 Å². The fourth-order valence-corrected chi connectivity index (χ4v) is 6.10. The van der Waals surface area contributed by atoms with Crippen molar-refractivity contribution in [3.05, 3.63) is 83.5 Å². The Labute approximate surface area is 241 Å². The molecule has 4 aromatic rings. The zero-order valence-corrected chi connectivity index (χ0v) is 24.0. The van der Waals surface area contributed by atoms with Crippen molar-refractivity contribution in [2.45, 2.75) is 42.4 Å². The highest BCUT2D eigenvalue weighted by Crippen LogP contribution is 2.38. The summed E-state index contributed by atoms with van der Waals surface area (Å²) < 4.78 is 11.4. The van der Waals surface area contributed by atoms with E-state index in [0.717, 1.165) is 46.5 Å². The minimum Gasteiger partial charge on any atom is -0.462 e. The number of hydrogen-bond donors (Lipinski definition) is 1. The fraction of sp³-hybridized carbons (Fsp3) is 0.267. The van der Waals surface area contributed by atoms with Crippen LogP contribution < -0.4 is 10.1 Å². The molecule has 0 saturated carbocycles. The molecule has 0 atom stereocenters. The van der Waals surface area contributed by atoms with Gasteiger partial charge in [-0.15, -0.1) is 11.3 Å². The molecule has 2 aromatic carbocycles. The predicted octanol–water partition coefficient (Wildman–Crippen LogP) is 7.13. The number of pyridine rings is 1. The quantitative estimate of drug-likeness (QED) is 0.211. The number of aromatic nitrogens is 2. The number of ether oxygens (including phenoxy) is 2. The number of amides is 1.